The van der Waals surface area contributed by atoms with E-state index in [2.05, 4.69) is 26.0 Å². The van der Waals surface area contributed by atoms with Gasteiger partial charge in [0.1, 0.15) is 6.04 Å². The molecule has 0 saturated heterocycles. The van der Waals surface area contributed by atoms with Gasteiger partial charge in [0.05, 0.1) is 13.2 Å². The van der Waals surface area contributed by atoms with Crippen molar-refractivity contribution in [2.45, 2.75) is 18.9 Å². The second kappa shape index (κ2) is 7.54. The lowest BCUT2D eigenvalue weighted by molar-refractivity contribution is -0.143. The molecule has 19 heavy (non-hydrogen) atoms. The van der Waals surface area contributed by atoms with Gasteiger partial charge in [-0.1, -0.05) is 22.0 Å². The highest BCUT2D eigenvalue weighted by molar-refractivity contribution is 9.10. The summed E-state index contributed by atoms with van der Waals surface area (Å²) in [5.41, 5.74) is 0.431. The zero-order valence-electron chi connectivity index (χ0n) is 10.4. The van der Waals surface area contributed by atoms with Crippen molar-refractivity contribution in [3.63, 3.8) is 0 Å². The van der Waals surface area contributed by atoms with Gasteiger partial charge in [-0.15, -0.1) is 0 Å². The summed E-state index contributed by atoms with van der Waals surface area (Å²) in [7, 11) is 1.24. The van der Waals surface area contributed by atoms with Crippen LogP contribution in [-0.4, -0.2) is 25.0 Å². The number of halogens is 1. The molecule has 1 amide bonds. The van der Waals surface area contributed by atoms with Crippen molar-refractivity contribution in [3.8, 4) is 6.07 Å². The summed E-state index contributed by atoms with van der Waals surface area (Å²) < 4.78 is 5.37. The van der Waals surface area contributed by atoms with Crippen molar-refractivity contribution in [2.24, 2.45) is 0 Å². The molecule has 0 spiro atoms. The van der Waals surface area contributed by atoms with Gasteiger partial charge in [0.15, 0.2) is 0 Å². The van der Waals surface area contributed by atoms with Crippen molar-refractivity contribution in [3.05, 3.63) is 34.3 Å². The molecule has 1 rings (SSSR count). The molecule has 100 valence electrons. The predicted octanol–water partition coefficient (Wildman–Crippen LogP) is 2.02. The normalized spacial score (nSPS) is 11.2. The predicted molar refractivity (Wildman–Crippen MR) is 72.3 cm³/mol. The van der Waals surface area contributed by atoms with Crippen LogP contribution in [-0.2, 0) is 9.53 Å². The third-order valence-corrected chi connectivity index (χ3v) is 2.92. The molecule has 5 nitrogen and oxygen atoms in total. The number of methoxy groups -OCH3 is 1. The molecule has 0 bridgehead atoms. The molecule has 0 aliphatic carbocycles. The first-order chi connectivity index (χ1) is 9.08. The van der Waals surface area contributed by atoms with Crippen molar-refractivity contribution in [1.82, 2.24) is 5.32 Å². The number of amides is 1. The Kier molecular flexibility index (Phi) is 6.03. The van der Waals surface area contributed by atoms with E-state index < -0.39 is 12.0 Å². The van der Waals surface area contributed by atoms with Gasteiger partial charge in [0.25, 0.3) is 5.91 Å². The number of hydrogen-bond acceptors (Lipinski definition) is 4. The van der Waals surface area contributed by atoms with Gasteiger partial charge in [-0.3, -0.25) is 4.79 Å². The molecule has 0 aliphatic heterocycles. The minimum absolute atomic E-state index is 0.165. The van der Waals surface area contributed by atoms with E-state index in [0.717, 1.165) is 4.47 Å². The Balaban J connectivity index is 2.76. The van der Waals surface area contributed by atoms with Gasteiger partial charge in [-0.25, -0.2) is 4.79 Å². The lowest BCUT2D eigenvalue weighted by Gasteiger charge is -2.15. The summed E-state index contributed by atoms with van der Waals surface area (Å²) in [5, 5.41) is 11.1. The number of carbonyl (C=O) groups is 2. The quantitative estimate of drug-likeness (QED) is 0.840. The van der Waals surface area contributed by atoms with E-state index >= 15 is 0 Å². The largest absolute Gasteiger partial charge is 0.467 e. The van der Waals surface area contributed by atoms with E-state index in [1.807, 2.05) is 6.07 Å². The average molecular weight is 325 g/mol. The molecule has 1 aromatic rings. The standard InChI is InChI=1S/C13H13BrN2O3/c1-19-13(18)11(6-3-7-15)16-12(17)9-4-2-5-10(14)8-9/h2,4-5,8,11H,3,6H2,1H3,(H,16,17)/t11-/m0/s1. The van der Waals surface area contributed by atoms with Crippen LogP contribution in [0.15, 0.2) is 28.7 Å². The number of nitrogens with zero attached hydrogens (tertiary/aromatic N) is 1. The second-order valence-corrected chi connectivity index (χ2v) is 4.67. The number of nitrogens with one attached hydrogen (secondary N) is 1. The van der Waals surface area contributed by atoms with Crippen LogP contribution in [0, 0.1) is 11.3 Å². The number of benzene rings is 1. The Morgan fingerprint density at radius 3 is 2.84 bits per heavy atom. The Labute approximate surface area is 119 Å². The Morgan fingerprint density at radius 2 is 2.26 bits per heavy atom. The van der Waals surface area contributed by atoms with Gasteiger partial charge in [0.2, 0.25) is 0 Å². The molecular weight excluding hydrogens is 312 g/mol. The molecule has 0 saturated carbocycles. The molecule has 1 N–H and O–H groups in total. The fourth-order valence-electron chi connectivity index (χ4n) is 1.47. The Morgan fingerprint density at radius 1 is 1.53 bits per heavy atom. The van der Waals surface area contributed by atoms with E-state index in [1.165, 1.54) is 7.11 Å². The maximum absolute atomic E-state index is 12.0. The number of nitriles is 1. The van der Waals surface area contributed by atoms with Crippen molar-refractivity contribution in [1.29, 1.82) is 5.26 Å². The highest BCUT2D eigenvalue weighted by Crippen LogP contribution is 2.12. The first-order valence-corrected chi connectivity index (χ1v) is 6.39. The summed E-state index contributed by atoms with van der Waals surface area (Å²) in [6.07, 6.45) is 0.390. The fraction of sp³-hybridized carbons (Fsp3) is 0.308. The summed E-state index contributed by atoms with van der Waals surface area (Å²) in [6.45, 7) is 0. The Hall–Kier alpha value is -1.87. The van der Waals surface area contributed by atoms with Gasteiger partial charge in [-0.05, 0) is 24.6 Å². The van der Waals surface area contributed by atoms with E-state index in [1.54, 1.807) is 24.3 Å². The number of esters is 1. The third-order valence-electron chi connectivity index (χ3n) is 2.42. The SMILES string of the molecule is COC(=O)[C@H](CCC#N)NC(=O)c1cccc(Br)c1. The summed E-state index contributed by atoms with van der Waals surface area (Å²) in [6, 6.07) is 7.93. The molecule has 6 heteroatoms. The van der Waals surface area contributed by atoms with Crippen LogP contribution in [0.4, 0.5) is 0 Å². The highest BCUT2D eigenvalue weighted by Gasteiger charge is 2.21. The molecule has 0 aliphatic rings. The molecule has 0 radical (unpaired) electrons. The first-order valence-electron chi connectivity index (χ1n) is 5.59. The summed E-state index contributed by atoms with van der Waals surface area (Å²) in [4.78, 5) is 23.5. The molecular formula is C13H13BrN2O3. The van der Waals surface area contributed by atoms with Crippen LogP contribution in [0.2, 0.25) is 0 Å². The summed E-state index contributed by atoms with van der Waals surface area (Å²) in [5.74, 6) is -0.937. The van der Waals surface area contributed by atoms with E-state index in [9.17, 15) is 9.59 Å². The molecule has 0 unspecified atom stereocenters. The maximum atomic E-state index is 12.0. The summed E-state index contributed by atoms with van der Waals surface area (Å²) >= 11 is 3.27. The third kappa shape index (κ3) is 4.72. The maximum Gasteiger partial charge on any atom is 0.328 e. The average Bonchev–Trinajstić information content (AvgIpc) is 2.42. The molecule has 0 aromatic heterocycles. The molecule has 1 aromatic carbocycles. The zero-order valence-corrected chi connectivity index (χ0v) is 11.9. The van der Waals surface area contributed by atoms with Gasteiger partial charge < -0.3 is 10.1 Å². The van der Waals surface area contributed by atoms with E-state index in [0.29, 0.717) is 5.56 Å². The van der Waals surface area contributed by atoms with Crippen molar-refractivity contribution in [2.75, 3.05) is 7.11 Å². The highest BCUT2D eigenvalue weighted by atomic mass is 79.9. The Bertz CT molecular complexity index is 511. The zero-order chi connectivity index (χ0) is 14.3. The monoisotopic (exact) mass is 324 g/mol. The molecule has 0 fully saturated rings. The number of carbonyl (C=O) groups excluding carboxylic acids is 2. The molecule has 1 atom stereocenters. The topological polar surface area (TPSA) is 79.2 Å². The first kappa shape index (κ1) is 15.2. The number of hydrogen-bond donors (Lipinski definition) is 1. The smallest absolute Gasteiger partial charge is 0.328 e. The minimum Gasteiger partial charge on any atom is -0.467 e. The minimum atomic E-state index is -0.809. The van der Waals surface area contributed by atoms with Crippen molar-refractivity contribution >= 4 is 27.8 Å². The van der Waals surface area contributed by atoms with Crippen LogP contribution in [0.25, 0.3) is 0 Å². The number of rotatable bonds is 5. The van der Waals surface area contributed by atoms with Crippen LogP contribution in [0.3, 0.4) is 0 Å². The van der Waals surface area contributed by atoms with E-state index in [4.69, 9.17) is 5.26 Å². The van der Waals surface area contributed by atoms with Crippen molar-refractivity contribution < 1.29 is 14.3 Å². The van der Waals surface area contributed by atoms with Gasteiger partial charge >= 0.3 is 5.97 Å². The molecule has 0 heterocycles. The lowest BCUT2D eigenvalue weighted by atomic mass is 10.1. The lowest BCUT2D eigenvalue weighted by Crippen LogP contribution is -2.41. The second-order valence-electron chi connectivity index (χ2n) is 3.76. The number of ether oxygens (including phenoxy) is 1. The van der Waals surface area contributed by atoms with Gasteiger partial charge in [-0.2, -0.15) is 5.26 Å². The van der Waals surface area contributed by atoms with Crippen LogP contribution in [0.5, 0.6) is 0 Å². The van der Waals surface area contributed by atoms with Gasteiger partial charge in [0, 0.05) is 16.5 Å². The fourth-order valence-corrected chi connectivity index (χ4v) is 1.87. The van der Waals surface area contributed by atoms with Crippen LogP contribution in [0.1, 0.15) is 23.2 Å². The van der Waals surface area contributed by atoms with Crippen LogP contribution < -0.4 is 5.32 Å². The van der Waals surface area contributed by atoms with E-state index in [-0.39, 0.29) is 18.7 Å². The van der Waals surface area contributed by atoms with Crippen LogP contribution >= 0.6 is 15.9 Å².